The molecule has 0 aliphatic heterocycles. The summed E-state index contributed by atoms with van der Waals surface area (Å²) in [5.74, 6) is 0. The van der Waals surface area contributed by atoms with Crippen LogP contribution in [0.15, 0.2) is 12.3 Å². The SMILES string of the molecule is CCCNC(Cc1ccn(C)n1)C(CC)(CC)OC. The van der Waals surface area contributed by atoms with E-state index >= 15 is 0 Å². The Kier molecular flexibility index (Phi) is 6.52. The Morgan fingerprint density at radius 2 is 2.05 bits per heavy atom. The van der Waals surface area contributed by atoms with Gasteiger partial charge in [0.1, 0.15) is 0 Å². The number of aromatic nitrogens is 2. The quantitative estimate of drug-likeness (QED) is 0.747. The number of nitrogens with zero attached hydrogens (tertiary/aromatic N) is 2. The Hall–Kier alpha value is -0.870. The molecule has 1 rings (SSSR count). The van der Waals surface area contributed by atoms with Gasteiger partial charge in [0.25, 0.3) is 0 Å². The molecule has 1 aromatic heterocycles. The Balaban J connectivity index is 2.86. The van der Waals surface area contributed by atoms with Crippen LogP contribution in [0.4, 0.5) is 0 Å². The van der Waals surface area contributed by atoms with Crippen molar-refractivity contribution >= 4 is 0 Å². The summed E-state index contributed by atoms with van der Waals surface area (Å²) < 4.78 is 7.74. The van der Waals surface area contributed by atoms with Gasteiger partial charge in [-0.05, 0) is 31.9 Å². The van der Waals surface area contributed by atoms with Gasteiger partial charge in [0.15, 0.2) is 0 Å². The van der Waals surface area contributed by atoms with Crippen LogP contribution < -0.4 is 5.32 Å². The number of hydrogen-bond acceptors (Lipinski definition) is 3. The lowest BCUT2D eigenvalue weighted by Crippen LogP contribution is -2.53. The maximum Gasteiger partial charge on any atom is 0.0829 e. The third-order valence-electron chi connectivity index (χ3n) is 4.06. The fraction of sp³-hybridized carbons (Fsp3) is 0.800. The summed E-state index contributed by atoms with van der Waals surface area (Å²) in [6.45, 7) is 7.61. The first-order valence-corrected chi connectivity index (χ1v) is 7.38. The van der Waals surface area contributed by atoms with E-state index in [1.807, 2.05) is 25.0 Å². The van der Waals surface area contributed by atoms with Crippen LogP contribution in [-0.2, 0) is 18.2 Å². The smallest absolute Gasteiger partial charge is 0.0829 e. The molecule has 0 fully saturated rings. The molecule has 0 amide bonds. The summed E-state index contributed by atoms with van der Waals surface area (Å²) in [7, 11) is 3.78. The Bertz CT molecular complexity index is 350. The zero-order valence-corrected chi connectivity index (χ0v) is 13.1. The topological polar surface area (TPSA) is 39.1 Å². The number of ether oxygens (including phenoxy) is 1. The Morgan fingerprint density at radius 1 is 1.37 bits per heavy atom. The minimum atomic E-state index is -0.104. The van der Waals surface area contributed by atoms with Crippen molar-refractivity contribution in [3.63, 3.8) is 0 Å². The second-order valence-electron chi connectivity index (χ2n) is 5.17. The molecule has 1 aromatic rings. The van der Waals surface area contributed by atoms with Crippen molar-refractivity contribution in [3.05, 3.63) is 18.0 Å². The number of aryl methyl sites for hydroxylation is 1. The summed E-state index contributed by atoms with van der Waals surface area (Å²) in [6.07, 6.45) is 6.06. The molecule has 1 N–H and O–H groups in total. The van der Waals surface area contributed by atoms with Crippen molar-refractivity contribution in [1.82, 2.24) is 15.1 Å². The van der Waals surface area contributed by atoms with Crippen LogP contribution in [0.25, 0.3) is 0 Å². The Morgan fingerprint density at radius 3 is 2.47 bits per heavy atom. The van der Waals surface area contributed by atoms with Crippen molar-refractivity contribution in [2.45, 2.75) is 58.1 Å². The van der Waals surface area contributed by atoms with Gasteiger partial charge in [0.2, 0.25) is 0 Å². The maximum absolute atomic E-state index is 5.88. The highest BCUT2D eigenvalue weighted by Crippen LogP contribution is 2.26. The Labute approximate surface area is 117 Å². The van der Waals surface area contributed by atoms with Crippen LogP contribution in [0.2, 0.25) is 0 Å². The highest BCUT2D eigenvalue weighted by Gasteiger charge is 2.35. The highest BCUT2D eigenvalue weighted by molar-refractivity contribution is 5.05. The minimum absolute atomic E-state index is 0.104. The van der Waals surface area contributed by atoms with Crippen LogP contribution in [0, 0.1) is 0 Å². The molecule has 1 atom stereocenters. The molecule has 0 saturated heterocycles. The molecular weight excluding hydrogens is 238 g/mol. The van der Waals surface area contributed by atoms with Crippen molar-refractivity contribution in [2.75, 3.05) is 13.7 Å². The van der Waals surface area contributed by atoms with Gasteiger partial charge >= 0.3 is 0 Å². The van der Waals surface area contributed by atoms with E-state index in [2.05, 4.69) is 37.3 Å². The predicted molar refractivity (Wildman–Crippen MR) is 79.3 cm³/mol. The summed E-state index contributed by atoms with van der Waals surface area (Å²) in [5, 5.41) is 8.14. The maximum atomic E-state index is 5.88. The van der Waals surface area contributed by atoms with Crippen LogP contribution in [0.3, 0.4) is 0 Å². The standard InChI is InChI=1S/C15H29N3O/c1-6-10-16-14(15(7-2,8-3)19-5)12-13-9-11-18(4)17-13/h9,11,14,16H,6-8,10,12H2,1-5H3. The number of nitrogens with one attached hydrogen (secondary N) is 1. The summed E-state index contributed by atoms with van der Waals surface area (Å²) in [4.78, 5) is 0. The fourth-order valence-electron chi connectivity index (χ4n) is 2.72. The third-order valence-corrected chi connectivity index (χ3v) is 4.06. The fourth-order valence-corrected chi connectivity index (χ4v) is 2.72. The van der Waals surface area contributed by atoms with Crippen LogP contribution in [-0.4, -0.2) is 35.1 Å². The molecule has 4 heteroatoms. The van der Waals surface area contributed by atoms with E-state index in [9.17, 15) is 0 Å². The second kappa shape index (κ2) is 7.65. The van der Waals surface area contributed by atoms with Crippen molar-refractivity contribution in [3.8, 4) is 0 Å². The molecule has 0 aromatic carbocycles. The summed E-state index contributed by atoms with van der Waals surface area (Å²) in [5.41, 5.74) is 1.02. The molecule has 0 aliphatic carbocycles. The molecular formula is C15H29N3O. The van der Waals surface area contributed by atoms with E-state index in [4.69, 9.17) is 4.74 Å². The van der Waals surface area contributed by atoms with Gasteiger partial charge in [-0.15, -0.1) is 0 Å². The molecule has 1 heterocycles. The second-order valence-corrected chi connectivity index (χ2v) is 5.17. The lowest BCUT2D eigenvalue weighted by Gasteiger charge is -2.39. The predicted octanol–water partition coefficient (Wildman–Crippen LogP) is 2.54. The van der Waals surface area contributed by atoms with Crippen LogP contribution in [0.1, 0.15) is 45.7 Å². The number of hydrogen-bond donors (Lipinski definition) is 1. The first-order valence-electron chi connectivity index (χ1n) is 7.38. The molecule has 19 heavy (non-hydrogen) atoms. The summed E-state index contributed by atoms with van der Waals surface area (Å²) >= 11 is 0. The molecule has 0 saturated carbocycles. The number of methoxy groups -OCH3 is 1. The minimum Gasteiger partial charge on any atom is -0.377 e. The van der Waals surface area contributed by atoms with E-state index in [1.165, 1.54) is 0 Å². The first-order chi connectivity index (χ1) is 9.11. The number of rotatable bonds is 9. The van der Waals surface area contributed by atoms with Gasteiger partial charge in [0, 0.05) is 32.8 Å². The average molecular weight is 267 g/mol. The van der Waals surface area contributed by atoms with Gasteiger partial charge in [-0.3, -0.25) is 4.68 Å². The first kappa shape index (κ1) is 16.2. The van der Waals surface area contributed by atoms with Crippen molar-refractivity contribution in [2.24, 2.45) is 7.05 Å². The third kappa shape index (κ3) is 4.05. The normalized spacial score (nSPS) is 13.7. The zero-order chi connectivity index (χ0) is 14.3. The van der Waals surface area contributed by atoms with Gasteiger partial charge in [0.05, 0.1) is 11.3 Å². The highest BCUT2D eigenvalue weighted by atomic mass is 16.5. The molecule has 0 radical (unpaired) electrons. The lowest BCUT2D eigenvalue weighted by molar-refractivity contribution is -0.0474. The lowest BCUT2D eigenvalue weighted by atomic mass is 9.85. The zero-order valence-electron chi connectivity index (χ0n) is 13.1. The van der Waals surface area contributed by atoms with E-state index in [0.717, 1.165) is 37.9 Å². The molecule has 0 aliphatic rings. The van der Waals surface area contributed by atoms with E-state index in [1.54, 1.807) is 0 Å². The monoisotopic (exact) mass is 267 g/mol. The van der Waals surface area contributed by atoms with Gasteiger partial charge in [-0.2, -0.15) is 5.10 Å². The molecule has 1 unspecified atom stereocenters. The largest absolute Gasteiger partial charge is 0.377 e. The van der Waals surface area contributed by atoms with Crippen molar-refractivity contribution in [1.29, 1.82) is 0 Å². The van der Waals surface area contributed by atoms with Crippen LogP contribution in [0.5, 0.6) is 0 Å². The van der Waals surface area contributed by atoms with E-state index in [-0.39, 0.29) is 5.60 Å². The molecule has 4 nitrogen and oxygen atoms in total. The van der Waals surface area contributed by atoms with Crippen molar-refractivity contribution < 1.29 is 4.74 Å². The van der Waals surface area contributed by atoms with Crippen LogP contribution >= 0.6 is 0 Å². The summed E-state index contributed by atoms with van der Waals surface area (Å²) in [6, 6.07) is 2.40. The van der Waals surface area contributed by atoms with E-state index in [0.29, 0.717) is 6.04 Å². The van der Waals surface area contributed by atoms with E-state index < -0.39 is 0 Å². The molecule has 0 spiro atoms. The molecule has 0 bridgehead atoms. The van der Waals surface area contributed by atoms with Gasteiger partial charge in [-0.25, -0.2) is 0 Å². The molecule has 110 valence electrons. The van der Waals surface area contributed by atoms with Gasteiger partial charge < -0.3 is 10.1 Å². The van der Waals surface area contributed by atoms with Gasteiger partial charge in [-0.1, -0.05) is 20.8 Å². The average Bonchev–Trinajstić information content (AvgIpc) is 2.83.